The van der Waals surface area contributed by atoms with Gasteiger partial charge in [0.2, 0.25) is 0 Å². The van der Waals surface area contributed by atoms with Crippen molar-refractivity contribution in [3.8, 4) is 32.8 Å². The Bertz CT molecular complexity index is 1020. The molecule has 0 amide bonds. The van der Waals surface area contributed by atoms with Crippen molar-refractivity contribution in [1.29, 1.82) is 5.26 Å². The highest BCUT2D eigenvalue weighted by atomic mass is 32.1. The Morgan fingerprint density at radius 3 is 2.76 bits per heavy atom. The van der Waals surface area contributed by atoms with Crippen molar-refractivity contribution in [2.75, 3.05) is 0 Å². The van der Waals surface area contributed by atoms with Gasteiger partial charge in [-0.15, -0.1) is 11.3 Å². The second-order valence-corrected chi connectivity index (χ2v) is 8.24. The zero-order chi connectivity index (χ0) is 20.8. The predicted molar refractivity (Wildman–Crippen MR) is 122 cm³/mol. The van der Waals surface area contributed by atoms with Gasteiger partial charge in [-0.1, -0.05) is 37.9 Å². The third kappa shape index (κ3) is 4.89. The quantitative estimate of drug-likeness (QED) is 0.422. The molecule has 3 rings (SSSR count). The molecule has 0 fully saturated rings. The fourth-order valence-corrected chi connectivity index (χ4v) is 4.41. The Morgan fingerprint density at radius 2 is 2.07 bits per heavy atom. The molecule has 0 aliphatic rings. The van der Waals surface area contributed by atoms with E-state index in [1.165, 1.54) is 16.7 Å². The van der Waals surface area contributed by atoms with Crippen LogP contribution in [-0.4, -0.2) is 18.9 Å². The van der Waals surface area contributed by atoms with Gasteiger partial charge in [-0.25, -0.2) is 4.98 Å². The van der Waals surface area contributed by atoms with E-state index in [4.69, 9.17) is 12.6 Å². The summed E-state index contributed by atoms with van der Waals surface area (Å²) in [6, 6.07) is 14.4. The number of nitriles is 1. The van der Waals surface area contributed by atoms with E-state index in [-0.39, 0.29) is 6.10 Å². The minimum Gasteiger partial charge on any atom is -0.490 e. The molecule has 2 radical (unpaired) electrons. The topological polar surface area (TPSA) is 45.9 Å². The van der Waals surface area contributed by atoms with Crippen LogP contribution in [0.1, 0.15) is 43.9 Å². The lowest BCUT2D eigenvalue weighted by Crippen LogP contribution is -2.06. The summed E-state index contributed by atoms with van der Waals surface area (Å²) in [7, 11) is 5.71. The number of aryl methyl sites for hydroxylation is 1. The monoisotopic (exact) mass is 400 g/mol. The van der Waals surface area contributed by atoms with Crippen LogP contribution in [0.5, 0.6) is 5.75 Å². The van der Waals surface area contributed by atoms with Crippen molar-refractivity contribution in [1.82, 2.24) is 4.98 Å². The maximum atomic E-state index is 9.50. The van der Waals surface area contributed by atoms with Crippen molar-refractivity contribution in [3.05, 3.63) is 59.3 Å². The first-order valence-corrected chi connectivity index (χ1v) is 10.9. The van der Waals surface area contributed by atoms with Crippen LogP contribution in [0.3, 0.4) is 0 Å². The Labute approximate surface area is 178 Å². The first-order valence-electron chi connectivity index (χ1n) is 10.1. The molecule has 3 aromatic rings. The molecule has 1 heterocycles. The number of hydrogen-bond acceptors (Lipinski definition) is 4. The molecule has 1 aromatic heterocycles. The maximum absolute atomic E-state index is 9.50. The Kier molecular flexibility index (Phi) is 7.11. The second-order valence-electron chi connectivity index (χ2n) is 7.21. The zero-order valence-corrected chi connectivity index (χ0v) is 18.1. The fraction of sp³-hybridized carbons (Fsp3) is 0.333. The van der Waals surface area contributed by atoms with Gasteiger partial charge in [0.15, 0.2) is 0 Å². The van der Waals surface area contributed by atoms with E-state index in [2.05, 4.69) is 36.2 Å². The highest BCUT2D eigenvalue weighted by Crippen LogP contribution is 2.36. The summed E-state index contributed by atoms with van der Waals surface area (Å²) in [4.78, 5) is 5.79. The van der Waals surface area contributed by atoms with Crippen LogP contribution in [-0.2, 0) is 12.8 Å². The molecular weight excluding hydrogens is 375 g/mol. The molecule has 2 aromatic carbocycles. The molecule has 0 unspecified atom stereocenters. The number of thiazole rings is 1. The van der Waals surface area contributed by atoms with Gasteiger partial charge in [-0.3, -0.25) is 0 Å². The molecule has 0 bridgehead atoms. The fourth-order valence-electron chi connectivity index (χ4n) is 3.45. The van der Waals surface area contributed by atoms with Crippen LogP contribution < -0.4 is 4.74 Å². The first kappa shape index (κ1) is 21.1. The summed E-state index contributed by atoms with van der Waals surface area (Å²) in [5.41, 5.74) is 5.45. The number of aromatic nitrogens is 1. The van der Waals surface area contributed by atoms with Crippen LogP contribution in [0.4, 0.5) is 0 Å². The van der Waals surface area contributed by atoms with E-state index in [1.807, 2.05) is 38.2 Å². The van der Waals surface area contributed by atoms with E-state index in [0.717, 1.165) is 34.7 Å². The summed E-state index contributed by atoms with van der Waals surface area (Å²) in [5, 5.41) is 10.4. The van der Waals surface area contributed by atoms with E-state index in [9.17, 15) is 5.26 Å². The van der Waals surface area contributed by atoms with E-state index in [0.29, 0.717) is 17.6 Å². The Balaban J connectivity index is 1.95. The third-order valence-electron chi connectivity index (χ3n) is 4.76. The second kappa shape index (κ2) is 9.76. The largest absolute Gasteiger partial charge is 0.490 e. The molecular formula is C24H25BN2OS. The SMILES string of the molecule is [B]CCCc1cccc(-c2cnc(-c3ccc(OC(C)C)c(C#N)c3)s2)c1CC. The molecule has 0 spiro atoms. The van der Waals surface area contributed by atoms with E-state index in [1.54, 1.807) is 11.3 Å². The van der Waals surface area contributed by atoms with Crippen LogP contribution in [0.2, 0.25) is 6.32 Å². The van der Waals surface area contributed by atoms with Crippen molar-refractivity contribution < 1.29 is 4.74 Å². The van der Waals surface area contributed by atoms with E-state index >= 15 is 0 Å². The Hall–Kier alpha value is -2.58. The Morgan fingerprint density at radius 1 is 1.24 bits per heavy atom. The number of nitrogens with zero attached hydrogens (tertiary/aromatic N) is 2. The van der Waals surface area contributed by atoms with Crippen LogP contribution in [0.15, 0.2) is 42.6 Å². The molecule has 5 heteroatoms. The molecule has 0 saturated heterocycles. The summed E-state index contributed by atoms with van der Waals surface area (Å²) in [6.45, 7) is 6.10. The smallest absolute Gasteiger partial charge is 0.137 e. The van der Waals surface area contributed by atoms with Gasteiger partial charge >= 0.3 is 0 Å². The number of ether oxygens (including phenoxy) is 1. The number of benzene rings is 2. The molecule has 0 saturated carbocycles. The maximum Gasteiger partial charge on any atom is 0.137 e. The highest BCUT2D eigenvalue weighted by molar-refractivity contribution is 7.18. The first-order chi connectivity index (χ1) is 14.1. The summed E-state index contributed by atoms with van der Waals surface area (Å²) < 4.78 is 5.73. The minimum absolute atomic E-state index is 0.0263. The molecule has 0 aliphatic heterocycles. The van der Waals surface area contributed by atoms with Gasteiger partial charge in [0.1, 0.15) is 16.8 Å². The van der Waals surface area contributed by atoms with Gasteiger partial charge in [-0.2, -0.15) is 5.26 Å². The lowest BCUT2D eigenvalue weighted by Gasteiger charge is -2.12. The number of hydrogen-bond donors (Lipinski definition) is 0. The molecule has 0 aliphatic carbocycles. The van der Waals surface area contributed by atoms with Gasteiger partial charge < -0.3 is 4.74 Å². The lowest BCUT2D eigenvalue weighted by atomic mass is 9.92. The van der Waals surface area contributed by atoms with Crippen LogP contribution in [0.25, 0.3) is 21.0 Å². The van der Waals surface area contributed by atoms with Gasteiger partial charge in [0.25, 0.3) is 0 Å². The third-order valence-corrected chi connectivity index (χ3v) is 5.84. The normalized spacial score (nSPS) is 10.9. The van der Waals surface area contributed by atoms with Crippen molar-refractivity contribution >= 4 is 19.2 Å². The summed E-state index contributed by atoms with van der Waals surface area (Å²) in [6.07, 6.45) is 5.64. The average molecular weight is 400 g/mol. The van der Waals surface area contributed by atoms with Gasteiger partial charge in [0, 0.05) is 11.8 Å². The van der Waals surface area contributed by atoms with Crippen molar-refractivity contribution in [2.24, 2.45) is 0 Å². The molecule has 0 N–H and O–H groups in total. The molecule has 3 nitrogen and oxygen atoms in total. The molecule has 0 atom stereocenters. The summed E-state index contributed by atoms with van der Waals surface area (Å²) in [5.74, 6) is 0.615. The standard InChI is InChI=1S/C24H25BN2OS/c1-4-20-17(8-6-12-25)7-5-9-21(20)23-15-27-24(29-23)18-10-11-22(28-16(2)3)19(13-18)14-26/h5,7,9-11,13,15-16H,4,6,8,12H2,1-3H3. The molecule has 146 valence electrons. The average Bonchev–Trinajstić information content (AvgIpc) is 3.21. The summed E-state index contributed by atoms with van der Waals surface area (Å²) >= 11 is 1.65. The van der Waals surface area contributed by atoms with Gasteiger partial charge in [-0.05, 0) is 61.6 Å². The predicted octanol–water partition coefficient (Wildman–Crippen LogP) is 6.22. The minimum atomic E-state index is 0.0263. The van der Waals surface area contributed by atoms with Crippen LogP contribution >= 0.6 is 11.3 Å². The molecule has 29 heavy (non-hydrogen) atoms. The van der Waals surface area contributed by atoms with Crippen molar-refractivity contribution in [3.63, 3.8) is 0 Å². The lowest BCUT2D eigenvalue weighted by molar-refractivity contribution is 0.242. The zero-order valence-electron chi connectivity index (χ0n) is 17.2. The van der Waals surface area contributed by atoms with E-state index < -0.39 is 0 Å². The van der Waals surface area contributed by atoms with Gasteiger partial charge in [0.05, 0.1) is 24.4 Å². The van der Waals surface area contributed by atoms with Crippen molar-refractivity contribution in [2.45, 2.75) is 52.5 Å². The highest BCUT2D eigenvalue weighted by Gasteiger charge is 2.14. The van der Waals surface area contributed by atoms with Crippen LogP contribution in [0, 0.1) is 11.3 Å². The number of rotatable bonds is 8.